The maximum absolute atomic E-state index is 13.3. The number of likely N-dealkylation sites (tertiary alicyclic amines) is 1. The minimum Gasteiger partial charge on any atom is -0.343 e. The Bertz CT molecular complexity index is 940. The van der Waals surface area contributed by atoms with Gasteiger partial charge < -0.3 is 9.80 Å². The number of alkyl halides is 3. The Hall–Kier alpha value is -2.90. The Morgan fingerprint density at radius 1 is 1.07 bits per heavy atom. The summed E-state index contributed by atoms with van der Waals surface area (Å²) in [6.45, 7) is 2.19. The van der Waals surface area contributed by atoms with E-state index in [4.69, 9.17) is 0 Å². The maximum atomic E-state index is 13.3. The Balaban J connectivity index is 1.87. The highest BCUT2D eigenvalue weighted by atomic mass is 19.4. The number of amides is 2. The van der Waals surface area contributed by atoms with Gasteiger partial charge in [-0.2, -0.15) is 13.2 Å². The molecule has 1 aliphatic heterocycles. The molecule has 1 aromatic heterocycles. The van der Waals surface area contributed by atoms with E-state index < -0.39 is 11.7 Å². The fourth-order valence-electron chi connectivity index (χ4n) is 3.71. The molecule has 1 unspecified atom stereocenters. The molecule has 1 atom stereocenters. The van der Waals surface area contributed by atoms with E-state index in [2.05, 4.69) is 4.98 Å². The number of aromatic nitrogens is 1. The fraction of sp³-hybridized carbons (Fsp3) is 0.409. The summed E-state index contributed by atoms with van der Waals surface area (Å²) in [7, 11) is 3.25. The third-order valence-corrected chi connectivity index (χ3v) is 5.33. The first kappa shape index (κ1) is 21.8. The second-order valence-corrected chi connectivity index (χ2v) is 7.66. The van der Waals surface area contributed by atoms with Crippen LogP contribution in [0.1, 0.15) is 63.0 Å². The molecule has 8 heteroatoms. The van der Waals surface area contributed by atoms with Crippen molar-refractivity contribution in [2.24, 2.45) is 0 Å². The Labute approximate surface area is 173 Å². The second-order valence-electron chi connectivity index (χ2n) is 7.66. The third-order valence-electron chi connectivity index (χ3n) is 5.33. The van der Waals surface area contributed by atoms with Gasteiger partial charge in [0.25, 0.3) is 11.8 Å². The lowest BCUT2D eigenvalue weighted by molar-refractivity contribution is -0.137. The minimum atomic E-state index is -4.39. The van der Waals surface area contributed by atoms with E-state index in [0.717, 1.165) is 25.0 Å². The van der Waals surface area contributed by atoms with Crippen LogP contribution >= 0.6 is 0 Å². The first-order chi connectivity index (χ1) is 14.1. The number of aryl methyl sites for hydroxylation is 1. The van der Waals surface area contributed by atoms with Gasteiger partial charge in [-0.05, 0) is 56.0 Å². The van der Waals surface area contributed by atoms with Crippen molar-refractivity contribution in [3.8, 4) is 0 Å². The maximum Gasteiger partial charge on any atom is 0.416 e. The first-order valence-corrected chi connectivity index (χ1v) is 9.77. The first-order valence-electron chi connectivity index (χ1n) is 9.77. The zero-order chi connectivity index (χ0) is 22.1. The molecule has 160 valence electrons. The van der Waals surface area contributed by atoms with Crippen LogP contribution in [0.25, 0.3) is 0 Å². The zero-order valence-corrected chi connectivity index (χ0v) is 17.2. The van der Waals surface area contributed by atoms with E-state index >= 15 is 0 Å². The minimum absolute atomic E-state index is 0.228. The molecule has 0 bridgehead atoms. The van der Waals surface area contributed by atoms with Gasteiger partial charge in [-0.25, -0.2) is 4.98 Å². The van der Waals surface area contributed by atoms with Gasteiger partial charge in [0.05, 0.1) is 22.9 Å². The van der Waals surface area contributed by atoms with Gasteiger partial charge >= 0.3 is 6.18 Å². The van der Waals surface area contributed by atoms with Crippen LogP contribution in [-0.4, -0.2) is 47.2 Å². The summed E-state index contributed by atoms with van der Waals surface area (Å²) in [5.41, 5.74) is 1.07. The molecule has 0 aliphatic carbocycles. The molecule has 0 spiro atoms. The molecule has 0 N–H and O–H groups in total. The highest BCUT2D eigenvalue weighted by Crippen LogP contribution is 2.35. The molecule has 30 heavy (non-hydrogen) atoms. The Kier molecular flexibility index (Phi) is 6.14. The van der Waals surface area contributed by atoms with E-state index in [1.54, 1.807) is 32.0 Å². The lowest BCUT2D eigenvalue weighted by Crippen LogP contribution is -2.39. The fourth-order valence-corrected chi connectivity index (χ4v) is 3.71. The second kappa shape index (κ2) is 8.45. The highest BCUT2D eigenvalue weighted by molar-refractivity contribution is 5.97. The van der Waals surface area contributed by atoms with Gasteiger partial charge in [0, 0.05) is 20.6 Å². The van der Waals surface area contributed by atoms with E-state index in [1.807, 2.05) is 0 Å². The Morgan fingerprint density at radius 3 is 2.30 bits per heavy atom. The average Bonchev–Trinajstić information content (AvgIpc) is 2.72. The molecule has 1 saturated heterocycles. The van der Waals surface area contributed by atoms with Crippen molar-refractivity contribution < 1.29 is 22.8 Å². The summed E-state index contributed by atoms with van der Waals surface area (Å²) in [6.07, 6.45) is -1.99. The van der Waals surface area contributed by atoms with Crippen LogP contribution in [0.2, 0.25) is 0 Å². The highest BCUT2D eigenvalue weighted by Gasteiger charge is 2.33. The molecular formula is C22H24F3N3O2. The summed E-state index contributed by atoms with van der Waals surface area (Å²) in [6, 6.07) is 7.84. The van der Waals surface area contributed by atoms with Gasteiger partial charge in [0.1, 0.15) is 5.69 Å². The number of hydrogen-bond acceptors (Lipinski definition) is 3. The zero-order valence-electron chi connectivity index (χ0n) is 17.2. The van der Waals surface area contributed by atoms with Crippen molar-refractivity contribution >= 4 is 11.8 Å². The van der Waals surface area contributed by atoms with Crippen LogP contribution in [-0.2, 0) is 6.18 Å². The molecule has 1 aliphatic rings. The molecular weight excluding hydrogens is 395 g/mol. The van der Waals surface area contributed by atoms with Gasteiger partial charge in [0.15, 0.2) is 0 Å². The summed E-state index contributed by atoms with van der Waals surface area (Å²) >= 11 is 0. The predicted octanol–water partition coefficient (Wildman–Crippen LogP) is 4.48. The van der Waals surface area contributed by atoms with Gasteiger partial charge in [-0.15, -0.1) is 0 Å². The summed E-state index contributed by atoms with van der Waals surface area (Å²) in [5, 5.41) is 0. The number of carbonyl (C=O) groups is 2. The van der Waals surface area contributed by atoms with Crippen molar-refractivity contribution in [1.82, 2.24) is 14.8 Å². The van der Waals surface area contributed by atoms with E-state index in [0.29, 0.717) is 29.8 Å². The number of carbonyl (C=O) groups excluding carboxylic acids is 2. The number of piperidine rings is 1. The van der Waals surface area contributed by atoms with E-state index in [-0.39, 0.29) is 23.6 Å². The van der Waals surface area contributed by atoms with Crippen molar-refractivity contribution in [2.75, 3.05) is 20.6 Å². The number of nitrogens with zero attached hydrogens (tertiary/aromatic N) is 3. The topological polar surface area (TPSA) is 53.5 Å². The number of hydrogen-bond donors (Lipinski definition) is 0. The van der Waals surface area contributed by atoms with Gasteiger partial charge in [-0.1, -0.05) is 12.1 Å². The standard InChI is InChI=1S/C22H24F3N3O2/c1-14-17(11-12-18(26-14)21(30)27(2)3)20(29)28-13-5-4-6-19(28)15-7-9-16(10-8-15)22(23,24)25/h7-12,19H,4-6,13H2,1-3H3. The number of benzene rings is 1. The lowest BCUT2D eigenvalue weighted by Gasteiger charge is -2.36. The normalized spacial score (nSPS) is 17.0. The lowest BCUT2D eigenvalue weighted by atomic mass is 9.93. The molecule has 3 rings (SSSR count). The molecule has 5 nitrogen and oxygen atoms in total. The third kappa shape index (κ3) is 4.47. The van der Waals surface area contributed by atoms with Crippen LogP contribution in [0.4, 0.5) is 13.2 Å². The van der Waals surface area contributed by atoms with Crippen molar-refractivity contribution in [3.05, 3.63) is 64.5 Å². The molecule has 2 heterocycles. The molecule has 2 aromatic rings. The summed E-state index contributed by atoms with van der Waals surface area (Å²) < 4.78 is 38.6. The molecule has 0 saturated carbocycles. The largest absolute Gasteiger partial charge is 0.416 e. The van der Waals surface area contributed by atoms with Crippen molar-refractivity contribution in [2.45, 2.75) is 38.4 Å². The van der Waals surface area contributed by atoms with Gasteiger partial charge in [0.2, 0.25) is 0 Å². The number of halogens is 3. The van der Waals surface area contributed by atoms with Crippen LogP contribution in [0.15, 0.2) is 36.4 Å². The van der Waals surface area contributed by atoms with Crippen LogP contribution in [0.5, 0.6) is 0 Å². The molecule has 1 aromatic carbocycles. The van der Waals surface area contributed by atoms with Crippen LogP contribution < -0.4 is 0 Å². The quantitative estimate of drug-likeness (QED) is 0.737. The SMILES string of the molecule is Cc1nc(C(=O)N(C)C)ccc1C(=O)N1CCCCC1c1ccc(C(F)(F)F)cc1. The molecule has 0 radical (unpaired) electrons. The molecule has 2 amide bonds. The van der Waals surface area contributed by atoms with Gasteiger partial charge in [-0.3, -0.25) is 9.59 Å². The predicted molar refractivity (Wildman–Crippen MR) is 106 cm³/mol. The summed E-state index contributed by atoms with van der Waals surface area (Å²) in [4.78, 5) is 32.8. The average molecular weight is 419 g/mol. The Morgan fingerprint density at radius 2 is 1.73 bits per heavy atom. The van der Waals surface area contributed by atoms with Crippen molar-refractivity contribution in [3.63, 3.8) is 0 Å². The smallest absolute Gasteiger partial charge is 0.343 e. The number of pyridine rings is 1. The van der Waals surface area contributed by atoms with Crippen LogP contribution in [0.3, 0.4) is 0 Å². The molecule has 1 fully saturated rings. The van der Waals surface area contributed by atoms with Crippen molar-refractivity contribution in [1.29, 1.82) is 0 Å². The van der Waals surface area contributed by atoms with Crippen LogP contribution in [0, 0.1) is 6.92 Å². The number of rotatable bonds is 3. The monoisotopic (exact) mass is 419 g/mol. The van der Waals surface area contributed by atoms with E-state index in [1.165, 1.54) is 23.1 Å². The summed E-state index contributed by atoms with van der Waals surface area (Å²) in [5.74, 6) is -0.480. The van der Waals surface area contributed by atoms with E-state index in [9.17, 15) is 22.8 Å².